The fraction of sp³-hybridized carbons (Fsp3) is 0.500. The fourth-order valence-corrected chi connectivity index (χ4v) is 2.21. The van der Waals surface area contributed by atoms with Crippen molar-refractivity contribution in [3.63, 3.8) is 0 Å². The van der Waals surface area contributed by atoms with Gasteiger partial charge in [-0.2, -0.15) is 0 Å². The molecule has 1 aromatic rings. The number of carbonyl (C=O) groups excluding carboxylic acids is 1. The number of nitro benzene ring substituents is 1. The Morgan fingerprint density at radius 1 is 1.48 bits per heavy atom. The monoisotopic (exact) mass is 314 g/mol. The molecule has 0 bridgehead atoms. The average molecular weight is 315 g/mol. The molecule has 0 spiro atoms. The Morgan fingerprint density at radius 3 is 2.57 bits per heavy atom. The fourth-order valence-electron chi connectivity index (χ4n) is 1.97. The number of amides is 1. The summed E-state index contributed by atoms with van der Waals surface area (Å²) in [6.07, 6.45) is 0.365. The van der Waals surface area contributed by atoms with Crippen LogP contribution in [-0.2, 0) is 0 Å². The first-order valence-electron chi connectivity index (χ1n) is 6.53. The molecule has 0 aliphatic carbocycles. The highest BCUT2D eigenvalue weighted by Gasteiger charge is 2.29. The number of hydrogen-bond acceptors (Lipinski definition) is 4. The van der Waals surface area contributed by atoms with Crippen molar-refractivity contribution in [3.8, 4) is 0 Å². The second kappa shape index (κ2) is 6.87. The number of nitrogens with zero attached hydrogens (tertiary/aromatic N) is 1. The Kier molecular flexibility index (Phi) is 5.69. The lowest BCUT2D eigenvalue weighted by Gasteiger charge is -2.31. The maximum Gasteiger partial charge on any atom is 0.300 e. The summed E-state index contributed by atoms with van der Waals surface area (Å²) >= 11 is 5.79. The number of halogens is 1. The van der Waals surface area contributed by atoms with Crippen LogP contribution in [0.5, 0.6) is 0 Å². The van der Waals surface area contributed by atoms with Crippen LogP contribution in [0.25, 0.3) is 0 Å². The largest absolute Gasteiger partial charge is 0.396 e. The van der Waals surface area contributed by atoms with Gasteiger partial charge in [-0.05, 0) is 24.0 Å². The Balaban J connectivity index is 3.09. The molecule has 116 valence electrons. The van der Waals surface area contributed by atoms with Crippen LogP contribution in [0.15, 0.2) is 18.2 Å². The molecule has 1 rings (SSSR count). The molecular formula is C14H19ClN2O4. The van der Waals surface area contributed by atoms with Gasteiger partial charge in [0.15, 0.2) is 0 Å². The number of hydrogen-bond donors (Lipinski definition) is 2. The number of nitrogens with one attached hydrogen (secondary N) is 1. The van der Waals surface area contributed by atoms with E-state index < -0.39 is 16.5 Å². The minimum Gasteiger partial charge on any atom is -0.396 e. The molecule has 6 nitrogen and oxygen atoms in total. The molecule has 1 aromatic carbocycles. The summed E-state index contributed by atoms with van der Waals surface area (Å²) < 4.78 is 0. The van der Waals surface area contributed by atoms with Crippen molar-refractivity contribution in [1.82, 2.24) is 5.32 Å². The molecule has 0 fully saturated rings. The molecule has 1 amide bonds. The highest BCUT2D eigenvalue weighted by molar-refractivity contribution is 6.33. The van der Waals surface area contributed by atoms with Gasteiger partial charge in [-0.15, -0.1) is 0 Å². The van der Waals surface area contributed by atoms with E-state index in [-0.39, 0.29) is 28.6 Å². The topological polar surface area (TPSA) is 92.5 Å². The van der Waals surface area contributed by atoms with Gasteiger partial charge in [-0.1, -0.05) is 38.4 Å². The highest BCUT2D eigenvalue weighted by atomic mass is 35.5. The van der Waals surface area contributed by atoms with Crippen molar-refractivity contribution < 1.29 is 14.8 Å². The first kappa shape index (κ1) is 17.4. The van der Waals surface area contributed by atoms with Crippen molar-refractivity contribution >= 4 is 23.2 Å². The standard InChI is InChI=1S/C14H19ClN2O4/c1-14(2,3)11(7-8-18)16-13(19)9-5-4-6-10(15)12(9)17(20)21/h4-6,11,18H,7-8H2,1-3H3,(H,16,19). The highest BCUT2D eigenvalue weighted by Crippen LogP contribution is 2.29. The second-order valence-corrected chi connectivity index (χ2v) is 6.20. The van der Waals surface area contributed by atoms with Gasteiger partial charge >= 0.3 is 5.69 Å². The summed E-state index contributed by atoms with van der Waals surface area (Å²) in [4.78, 5) is 22.7. The Bertz CT molecular complexity index is 540. The van der Waals surface area contributed by atoms with E-state index in [1.807, 2.05) is 20.8 Å². The maximum atomic E-state index is 12.3. The SMILES string of the molecule is CC(C)(C)C(CCO)NC(=O)c1cccc(Cl)c1[N+](=O)[O-]. The molecule has 0 radical (unpaired) electrons. The van der Waals surface area contributed by atoms with Gasteiger partial charge in [0.1, 0.15) is 10.6 Å². The minimum atomic E-state index is -0.671. The molecular weight excluding hydrogens is 296 g/mol. The van der Waals surface area contributed by atoms with Crippen LogP contribution in [0.3, 0.4) is 0 Å². The van der Waals surface area contributed by atoms with Gasteiger partial charge < -0.3 is 10.4 Å². The predicted octanol–water partition coefficient (Wildman–Crippen LogP) is 2.78. The van der Waals surface area contributed by atoms with E-state index in [0.29, 0.717) is 6.42 Å². The molecule has 0 saturated carbocycles. The summed E-state index contributed by atoms with van der Waals surface area (Å²) in [5.74, 6) is -0.572. The van der Waals surface area contributed by atoms with Crippen LogP contribution < -0.4 is 5.32 Å². The minimum absolute atomic E-state index is 0.0814. The van der Waals surface area contributed by atoms with Crippen molar-refractivity contribution in [3.05, 3.63) is 38.9 Å². The third-order valence-electron chi connectivity index (χ3n) is 3.18. The Morgan fingerprint density at radius 2 is 2.10 bits per heavy atom. The van der Waals surface area contributed by atoms with Crippen LogP contribution >= 0.6 is 11.6 Å². The Labute approximate surface area is 128 Å². The molecule has 0 aliphatic heterocycles. The molecule has 0 heterocycles. The summed E-state index contributed by atoms with van der Waals surface area (Å²) in [6, 6.07) is 3.90. The normalized spacial score (nSPS) is 12.8. The zero-order valence-corrected chi connectivity index (χ0v) is 13.0. The van der Waals surface area contributed by atoms with Gasteiger partial charge in [0.05, 0.1) is 4.92 Å². The van der Waals surface area contributed by atoms with Crippen molar-refractivity contribution in [2.45, 2.75) is 33.2 Å². The molecule has 2 N–H and O–H groups in total. The van der Waals surface area contributed by atoms with Crippen molar-refractivity contribution in [1.29, 1.82) is 0 Å². The van der Waals surface area contributed by atoms with E-state index in [1.54, 1.807) is 0 Å². The molecule has 0 saturated heterocycles. The quantitative estimate of drug-likeness (QED) is 0.645. The van der Waals surface area contributed by atoms with Crippen LogP contribution in [0.1, 0.15) is 37.6 Å². The lowest BCUT2D eigenvalue weighted by atomic mass is 9.84. The molecule has 0 aliphatic rings. The number of nitro groups is 1. The van der Waals surface area contributed by atoms with E-state index in [1.165, 1.54) is 18.2 Å². The molecule has 21 heavy (non-hydrogen) atoms. The third-order valence-corrected chi connectivity index (χ3v) is 3.49. The summed E-state index contributed by atoms with van der Waals surface area (Å²) in [5, 5.41) is 22.8. The van der Waals surface area contributed by atoms with Gasteiger partial charge in [-0.25, -0.2) is 0 Å². The summed E-state index contributed by atoms with van der Waals surface area (Å²) in [6.45, 7) is 5.67. The first-order valence-corrected chi connectivity index (χ1v) is 6.91. The third kappa shape index (κ3) is 4.41. The second-order valence-electron chi connectivity index (χ2n) is 5.80. The van der Waals surface area contributed by atoms with Crippen molar-refractivity contribution in [2.24, 2.45) is 5.41 Å². The molecule has 1 unspecified atom stereocenters. The zero-order valence-electron chi connectivity index (χ0n) is 12.2. The summed E-state index contributed by atoms with van der Waals surface area (Å²) in [5.41, 5.74) is -0.779. The smallest absolute Gasteiger partial charge is 0.300 e. The van der Waals surface area contributed by atoms with Crippen LogP contribution in [0, 0.1) is 15.5 Å². The Hall–Kier alpha value is -1.66. The number of aliphatic hydroxyl groups excluding tert-OH is 1. The lowest BCUT2D eigenvalue weighted by molar-refractivity contribution is -0.385. The number of rotatable bonds is 5. The van der Waals surface area contributed by atoms with E-state index in [9.17, 15) is 14.9 Å². The van der Waals surface area contributed by atoms with E-state index in [4.69, 9.17) is 16.7 Å². The number of para-hydroxylation sites is 1. The van der Waals surface area contributed by atoms with Crippen LogP contribution in [-0.4, -0.2) is 28.6 Å². The van der Waals surface area contributed by atoms with Gasteiger partial charge in [0, 0.05) is 12.6 Å². The summed E-state index contributed by atoms with van der Waals surface area (Å²) in [7, 11) is 0. The van der Waals surface area contributed by atoms with Crippen LogP contribution in [0.2, 0.25) is 5.02 Å². The molecule has 0 aromatic heterocycles. The van der Waals surface area contributed by atoms with Crippen LogP contribution in [0.4, 0.5) is 5.69 Å². The number of benzene rings is 1. The van der Waals surface area contributed by atoms with Crippen molar-refractivity contribution in [2.75, 3.05) is 6.61 Å². The predicted molar refractivity (Wildman–Crippen MR) is 80.5 cm³/mol. The molecule has 1 atom stereocenters. The van der Waals surface area contributed by atoms with E-state index in [2.05, 4.69) is 5.32 Å². The van der Waals surface area contributed by atoms with E-state index >= 15 is 0 Å². The number of carbonyl (C=O) groups is 1. The average Bonchev–Trinajstić information content (AvgIpc) is 2.36. The van der Waals surface area contributed by atoms with Gasteiger partial charge in [-0.3, -0.25) is 14.9 Å². The maximum absolute atomic E-state index is 12.3. The lowest BCUT2D eigenvalue weighted by Crippen LogP contribution is -2.44. The van der Waals surface area contributed by atoms with Gasteiger partial charge in [0.2, 0.25) is 0 Å². The van der Waals surface area contributed by atoms with Gasteiger partial charge in [0.25, 0.3) is 5.91 Å². The first-order chi connectivity index (χ1) is 9.68. The zero-order chi connectivity index (χ0) is 16.2. The number of aliphatic hydroxyl groups is 1. The molecule has 7 heteroatoms. The van der Waals surface area contributed by atoms with E-state index in [0.717, 1.165) is 0 Å².